The summed E-state index contributed by atoms with van der Waals surface area (Å²) in [6, 6.07) is 0.943. The first-order chi connectivity index (χ1) is 25.6. The number of rotatable bonds is 12. The molecule has 1 fully saturated rings. The van der Waals surface area contributed by atoms with E-state index < -0.39 is 30.1 Å². The van der Waals surface area contributed by atoms with Gasteiger partial charge in [0.15, 0.2) is 16.6 Å². The molecule has 7 nitrogen and oxygen atoms in total. The maximum absolute atomic E-state index is 15.1. The highest BCUT2D eigenvalue weighted by Gasteiger charge is 2.48. The quantitative estimate of drug-likeness (QED) is 0.120. The summed E-state index contributed by atoms with van der Waals surface area (Å²) in [6.07, 6.45) is 11.7. The average molecular weight is 832 g/mol. The number of Topliss-reactive ketones (excluding diaryl/α,β-unsaturated/α-hetero) is 1. The first kappa shape index (κ1) is 49.1. The molecule has 1 amide bonds. The number of nitrogens with one attached hydrogen (secondary N) is 1. The Morgan fingerprint density at radius 2 is 1.57 bits per heavy atom. The van der Waals surface area contributed by atoms with Gasteiger partial charge in [-0.3, -0.25) is 4.79 Å². The number of hydrogen-bond acceptors (Lipinski definition) is 6. The van der Waals surface area contributed by atoms with Gasteiger partial charge in [0.1, 0.15) is 5.78 Å². The molecule has 2 aliphatic heterocycles. The molecule has 0 radical (unpaired) electrons. The second-order valence-corrected chi connectivity index (χ2v) is 37.3. The minimum absolute atomic E-state index is 0.0577. The molecule has 1 saturated heterocycles. The highest BCUT2D eigenvalue weighted by Crippen LogP contribution is 2.51. The van der Waals surface area contributed by atoms with Crippen molar-refractivity contribution < 1.29 is 27.9 Å². The fourth-order valence-corrected chi connectivity index (χ4v) is 11.3. The van der Waals surface area contributed by atoms with E-state index in [1.54, 1.807) is 0 Å². The van der Waals surface area contributed by atoms with Crippen molar-refractivity contribution in [3.05, 3.63) is 34.4 Å². The monoisotopic (exact) mass is 832 g/mol. The third-order valence-corrected chi connectivity index (χ3v) is 25.0. The molecule has 56 heavy (non-hydrogen) atoms. The minimum Gasteiger partial charge on any atom is -0.450 e. The van der Waals surface area contributed by atoms with Crippen LogP contribution in [0.3, 0.4) is 0 Å². The molecule has 10 heteroatoms. The molecule has 0 aromatic rings. The number of amides is 1. The van der Waals surface area contributed by atoms with E-state index >= 15 is 4.79 Å². The summed E-state index contributed by atoms with van der Waals surface area (Å²) < 4.78 is 26.5. The van der Waals surface area contributed by atoms with Crippen molar-refractivity contribution in [3.8, 4) is 0 Å². The Hall–Kier alpha value is -1.31. The van der Waals surface area contributed by atoms with E-state index in [0.29, 0.717) is 57.1 Å². The lowest BCUT2D eigenvalue weighted by atomic mass is 9.59. The van der Waals surface area contributed by atoms with Crippen LogP contribution in [-0.2, 0) is 23.1 Å². The number of ether oxygens (including phenoxy) is 2. The predicted molar refractivity (Wildman–Crippen MR) is 243 cm³/mol. The van der Waals surface area contributed by atoms with E-state index in [1.807, 2.05) is 0 Å². The number of ketones is 1. The van der Waals surface area contributed by atoms with Crippen LogP contribution in [0.5, 0.6) is 0 Å². The molecule has 1 N–H and O–H groups in total. The van der Waals surface area contributed by atoms with Gasteiger partial charge < -0.3 is 23.6 Å². The van der Waals surface area contributed by atoms with Gasteiger partial charge in [-0.25, -0.2) is 4.79 Å². The van der Waals surface area contributed by atoms with Crippen molar-refractivity contribution in [1.29, 1.82) is 0 Å². The predicted octanol–water partition coefficient (Wildman–Crippen LogP) is 12.8. The molecule has 322 valence electrons. The van der Waals surface area contributed by atoms with Gasteiger partial charge in [0.05, 0.1) is 31.5 Å². The van der Waals surface area contributed by atoms with Crippen molar-refractivity contribution in [3.63, 3.8) is 0 Å². The lowest BCUT2D eigenvalue weighted by Crippen LogP contribution is -2.45. The van der Waals surface area contributed by atoms with Crippen molar-refractivity contribution in [1.82, 2.24) is 5.32 Å². The molecule has 0 saturated carbocycles. The maximum Gasteiger partial charge on any atom is 0.407 e. The smallest absolute Gasteiger partial charge is 0.407 e. The standard InChI is InChI=1S/C46H85NO6Si3/c1-33-20-18-21-41(48)46(25-19-27-47-43(49)50-28-29-54(11,12)13)26-24-37(32-51-55(14,15)44(5,6)7)36(4)39(46)31-34(2)40(53-56(16,17)45(8,9)10)23-22-38-30-35(3)42(33)52-38/h20,31,35,38-40,42H,18-19,21-30,32H2,1-17H3,(H,47,49)/b33-20+,34-31+/t35-,38-,39+,40+,42+,46-/m1/s1. The number of allylic oxidation sites excluding steroid dienone is 3. The summed E-state index contributed by atoms with van der Waals surface area (Å²) in [5.74, 6) is 0.686. The van der Waals surface area contributed by atoms with Crippen LogP contribution in [0.25, 0.3) is 0 Å². The van der Waals surface area contributed by atoms with Gasteiger partial charge >= 0.3 is 6.09 Å². The van der Waals surface area contributed by atoms with Gasteiger partial charge in [0, 0.05) is 32.4 Å². The first-order valence-electron chi connectivity index (χ1n) is 22.0. The summed E-state index contributed by atoms with van der Waals surface area (Å²) in [4.78, 5) is 27.8. The van der Waals surface area contributed by atoms with E-state index in [-0.39, 0.29) is 40.4 Å². The van der Waals surface area contributed by atoms with Gasteiger partial charge in [0.2, 0.25) is 0 Å². The molecule has 2 bridgehead atoms. The highest BCUT2D eigenvalue weighted by molar-refractivity contribution is 6.76. The zero-order valence-electron chi connectivity index (χ0n) is 39.2. The second kappa shape index (κ2) is 19.4. The Kier molecular flexibility index (Phi) is 17.0. The van der Waals surface area contributed by atoms with Gasteiger partial charge in [-0.2, -0.15) is 0 Å². The zero-order chi connectivity index (χ0) is 42.5. The molecule has 6 atom stereocenters. The van der Waals surface area contributed by atoms with Crippen molar-refractivity contribution in [2.24, 2.45) is 17.3 Å². The van der Waals surface area contributed by atoms with Gasteiger partial charge in [-0.05, 0) is 137 Å². The maximum atomic E-state index is 15.1. The Morgan fingerprint density at radius 1 is 0.929 bits per heavy atom. The summed E-state index contributed by atoms with van der Waals surface area (Å²) in [7, 11) is -5.45. The Morgan fingerprint density at radius 3 is 2.18 bits per heavy atom. The molecule has 0 aromatic carbocycles. The highest BCUT2D eigenvalue weighted by atomic mass is 28.4. The summed E-state index contributed by atoms with van der Waals surface area (Å²) in [5.41, 5.74) is 4.49. The van der Waals surface area contributed by atoms with Crippen molar-refractivity contribution in [2.75, 3.05) is 19.8 Å². The second-order valence-electron chi connectivity index (χ2n) is 22.1. The van der Waals surface area contributed by atoms with E-state index in [4.69, 9.17) is 18.3 Å². The molecular formula is C46H85NO6Si3. The van der Waals surface area contributed by atoms with Crippen molar-refractivity contribution in [2.45, 2.75) is 207 Å². The van der Waals surface area contributed by atoms with E-state index in [0.717, 1.165) is 38.1 Å². The van der Waals surface area contributed by atoms with Crippen LogP contribution < -0.4 is 5.32 Å². The van der Waals surface area contributed by atoms with E-state index in [1.165, 1.54) is 22.3 Å². The van der Waals surface area contributed by atoms with Crippen LogP contribution in [0.15, 0.2) is 34.4 Å². The Balaban J connectivity index is 2.12. The van der Waals surface area contributed by atoms with Crippen LogP contribution >= 0.6 is 0 Å². The largest absolute Gasteiger partial charge is 0.450 e. The number of hydrogen-bond donors (Lipinski definition) is 1. The molecule has 3 aliphatic rings. The van der Waals surface area contributed by atoms with Gasteiger partial charge in [-0.15, -0.1) is 0 Å². The molecule has 0 unspecified atom stereocenters. The normalized spacial score (nSPS) is 29.7. The number of fused-ring (bicyclic) bond motifs is 3. The summed E-state index contributed by atoms with van der Waals surface area (Å²) in [6.45, 7) is 40.6. The zero-order valence-corrected chi connectivity index (χ0v) is 42.2. The van der Waals surface area contributed by atoms with E-state index in [2.05, 4.69) is 133 Å². The molecule has 0 spiro atoms. The van der Waals surface area contributed by atoms with Gasteiger partial charge in [-0.1, -0.05) is 85.8 Å². The lowest BCUT2D eigenvalue weighted by molar-refractivity contribution is -0.131. The topological polar surface area (TPSA) is 83.1 Å². The van der Waals surface area contributed by atoms with Crippen LogP contribution in [0, 0.1) is 17.3 Å². The third kappa shape index (κ3) is 13.1. The molecular weight excluding hydrogens is 747 g/mol. The van der Waals surface area contributed by atoms with Crippen LogP contribution in [0.2, 0.25) is 61.9 Å². The third-order valence-electron chi connectivity index (χ3n) is 14.3. The van der Waals surface area contributed by atoms with Crippen LogP contribution in [-0.4, -0.2) is 74.7 Å². The van der Waals surface area contributed by atoms with E-state index in [9.17, 15) is 4.79 Å². The fraction of sp³-hybridized carbons (Fsp3) is 0.826. The van der Waals surface area contributed by atoms with Crippen LogP contribution in [0.4, 0.5) is 4.79 Å². The SMILES string of the molecule is CC1=C(CO[Si](C)(C)C(C)(C)C)CC[C@@]2(CCCNC(=O)OCC[Si](C)(C)C)C(=O)CC/C=C(\C)[C@@H]3O[C@H](CC[C@H](O[Si](C)(C)C(C)(C)C)/C(C)=C/[C@@H]12)C[C@H]3C. The Labute approximate surface area is 347 Å². The molecule has 0 aromatic heterocycles. The fourth-order valence-electron chi connectivity index (χ4n) is 8.24. The average Bonchev–Trinajstić information content (AvgIpc) is 3.43. The lowest BCUT2D eigenvalue weighted by Gasteiger charge is -2.45. The van der Waals surface area contributed by atoms with Crippen LogP contribution in [0.1, 0.15) is 127 Å². The first-order valence-corrected chi connectivity index (χ1v) is 31.6. The van der Waals surface area contributed by atoms with Crippen molar-refractivity contribution >= 4 is 36.6 Å². The minimum atomic E-state index is -2.15. The Bertz CT molecular complexity index is 1450. The number of carbonyl (C=O) groups excluding carboxylic acids is 2. The molecule has 1 aliphatic carbocycles. The summed E-state index contributed by atoms with van der Waals surface area (Å²) >= 11 is 0. The van der Waals surface area contributed by atoms with Gasteiger partial charge in [0.25, 0.3) is 0 Å². The number of alkyl carbamates (subject to hydrolysis) is 1. The summed E-state index contributed by atoms with van der Waals surface area (Å²) in [5, 5.41) is 3.19. The molecule has 2 heterocycles. The number of carbonyl (C=O) groups is 2. The molecule has 3 rings (SSSR count).